The summed E-state index contributed by atoms with van der Waals surface area (Å²) in [6.45, 7) is 4.22. The first kappa shape index (κ1) is 14.5. The van der Waals surface area contributed by atoms with Crippen LogP contribution in [0.25, 0.3) is 10.8 Å². The van der Waals surface area contributed by atoms with Gasteiger partial charge >= 0.3 is 0 Å². The van der Waals surface area contributed by atoms with E-state index in [2.05, 4.69) is 0 Å². The minimum absolute atomic E-state index is 0.0374. The number of nitrogens with zero attached hydrogens (tertiary/aromatic N) is 1. The van der Waals surface area contributed by atoms with Crippen molar-refractivity contribution < 1.29 is 4.79 Å². The van der Waals surface area contributed by atoms with Crippen LogP contribution in [0.2, 0.25) is 0 Å². The van der Waals surface area contributed by atoms with Gasteiger partial charge < -0.3 is 10.6 Å². The third-order valence-electron chi connectivity index (χ3n) is 3.23. The Balaban J connectivity index is 2.46. The smallest absolute Gasteiger partial charge is 0.255 e. The topological polar surface area (TPSA) is 46.3 Å². The summed E-state index contributed by atoms with van der Waals surface area (Å²) in [5, 5.41) is 2.01. The Morgan fingerprint density at radius 1 is 1.20 bits per heavy atom. The van der Waals surface area contributed by atoms with Gasteiger partial charge in [-0.3, -0.25) is 4.79 Å². The first-order valence-electron chi connectivity index (χ1n) is 6.57. The fourth-order valence-electron chi connectivity index (χ4n) is 2.22. The van der Waals surface area contributed by atoms with E-state index in [9.17, 15) is 4.79 Å². The number of nitrogens with two attached hydrogens (primary N) is 1. The molecule has 0 atom stereocenters. The maximum absolute atomic E-state index is 12.7. The molecule has 4 heteroatoms. The molecule has 0 aliphatic carbocycles. The van der Waals surface area contributed by atoms with Gasteiger partial charge in [-0.1, -0.05) is 48.6 Å². The summed E-state index contributed by atoms with van der Waals surface area (Å²) in [4.78, 5) is 14.8. The van der Waals surface area contributed by atoms with Crippen molar-refractivity contribution in [1.82, 2.24) is 4.90 Å². The van der Waals surface area contributed by atoms with Crippen LogP contribution in [-0.2, 0) is 0 Å². The molecule has 1 amide bonds. The number of thiocarbonyl (C=S) groups is 1. The van der Waals surface area contributed by atoms with Crippen LogP contribution in [0.4, 0.5) is 0 Å². The number of benzene rings is 2. The van der Waals surface area contributed by atoms with E-state index in [0.29, 0.717) is 17.1 Å². The van der Waals surface area contributed by atoms with Gasteiger partial charge in [-0.05, 0) is 30.7 Å². The van der Waals surface area contributed by atoms with E-state index in [1.807, 2.05) is 56.3 Å². The number of hydrogen-bond acceptors (Lipinski definition) is 2. The van der Waals surface area contributed by atoms with Crippen LogP contribution in [-0.4, -0.2) is 28.4 Å². The van der Waals surface area contributed by atoms with Crippen molar-refractivity contribution in [2.24, 2.45) is 5.73 Å². The van der Waals surface area contributed by atoms with E-state index in [0.717, 1.165) is 10.8 Å². The molecule has 2 aromatic rings. The third kappa shape index (κ3) is 2.96. The first-order valence-corrected chi connectivity index (χ1v) is 6.98. The molecule has 0 radical (unpaired) electrons. The molecular weight excluding hydrogens is 268 g/mol. The molecule has 0 unspecified atom stereocenters. The molecule has 0 aromatic heterocycles. The highest BCUT2D eigenvalue weighted by molar-refractivity contribution is 7.80. The molecule has 0 heterocycles. The van der Waals surface area contributed by atoms with Gasteiger partial charge in [0.15, 0.2) is 0 Å². The lowest BCUT2D eigenvalue weighted by Crippen LogP contribution is -2.42. The van der Waals surface area contributed by atoms with Gasteiger partial charge in [-0.15, -0.1) is 0 Å². The molecule has 0 spiro atoms. The molecule has 0 bridgehead atoms. The highest BCUT2D eigenvalue weighted by Crippen LogP contribution is 2.20. The van der Waals surface area contributed by atoms with Crippen LogP contribution in [0.3, 0.4) is 0 Å². The maximum atomic E-state index is 12.7. The van der Waals surface area contributed by atoms with E-state index in [-0.39, 0.29) is 11.9 Å². The minimum Gasteiger partial charge on any atom is -0.392 e. The Kier molecular flexibility index (Phi) is 4.35. The van der Waals surface area contributed by atoms with Crippen molar-refractivity contribution >= 4 is 33.9 Å². The Morgan fingerprint density at radius 3 is 2.50 bits per heavy atom. The molecule has 0 aliphatic heterocycles. The van der Waals surface area contributed by atoms with Crippen molar-refractivity contribution in [2.45, 2.75) is 19.9 Å². The summed E-state index contributed by atoms with van der Waals surface area (Å²) in [5.74, 6) is -0.0374. The number of hydrogen-bond donors (Lipinski definition) is 1. The molecule has 0 saturated heterocycles. The van der Waals surface area contributed by atoms with Gasteiger partial charge in [0.05, 0.1) is 11.5 Å². The minimum atomic E-state index is -0.0374. The van der Waals surface area contributed by atoms with Gasteiger partial charge in [-0.25, -0.2) is 0 Å². The Labute approximate surface area is 124 Å². The zero-order chi connectivity index (χ0) is 14.7. The van der Waals surface area contributed by atoms with Crippen molar-refractivity contribution in [1.29, 1.82) is 0 Å². The lowest BCUT2D eigenvalue weighted by Gasteiger charge is -2.26. The molecule has 20 heavy (non-hydrogen) atoms. The summed E-state index contributed by atoms with van der Waals surface area (Å²) in [5.41, 5.74) is 6.29. The molecule has 2 aromatic carbocycles. The standard InChI is InChI=1S/C16H18N2OS/c1-11(2)18(10-15(17)20)16(19)14-9-5-7-12-6-3-4-8-13(12)14/h3-9,11H,10H2,1-2H3,(H2,17,20). The fourth-order valence-corrected chi connectivity index (χ4v) is 2.36. The SMILES string of the molecule is CC(C)N(CC(N)=S)C(=O)c1cccc2ccccc12. The van der Waals surface area contributed by atoms with Gasteiger partial charge in [0, 0.05) is 11.6 Å². The monoisotopic (exact) mass is 286 g/mol. The number of carbonyl (C=O) groups excluding carboxylic acids is 1. The summed E-state index contributed by atoms with van der Waals surface area (Å²) >= 11 is 4.94. The highest BCUT2D eigenvalue weighted by atomic mass is 32.1. The van der Waals surface area contributed by atoms with E-state index < -0.39 is 0 Å². The first-order chi connectivity index (χ1) is 9.50. The Hall–Kier alpha value is -1.94. The number of rotatable bonds is 4. The van der Waals surface area contributed by atoms with Gasteiger partial charge in [0.2, 0.25) is 0 Å². The van der Waals surface area contributed by atoms with Crippen LogP contribution >= 0.6 is 12.2 Å². The number of fused-ring (bicyclic) bond motifs is 1. The lowest BCUT2D eigenvalue weighted by molar-refractivity contribution is 0.0738. The average Bonchev–Trinajstić information content (AvgIpc) is 2.43. The van der Waals surface area contributed by atoms with Crippen molar-refractivity contribution in [3.05, 3.63) is 48.0 Å². The van der Waals surface area contributed by atoms with Gasteiger partial charge in [0.1, 0.15) is 0 Å². The van der Waals surface area contributed by atoms with Crippen LogP contribution in [0.1, 0.15) is 24.2 Å². The molecule has 2 rings (SSSR count). The largest absolute Gasteiger partial charge is 0.392 e. The second-order valence-corrected chi connectivity index (χ2v) is 5.54. The zero-order valence-corrected chi connectivity index (χ0v) is 12.5. The molecular formula is C16H18N2OS. The highest BCUT2D eigenvalue weighted by Gasteiger charge is 2.20. The Morgan fingerprint density at radius 2 is 1.85 bits per heavy atom. The van der Waals surface area contributed by atoms with Crippen LogP contribution in [0.15, 0.2) is 42.5 Å². The summed E-state index contributed by atoms with van der Waals surface area (Å²) < 4.78 is 0. The summed E-state index contributed by atoms with van der Waals surface area (Å²) in [6.07, 6.45) is 0. The van der Waals surface area contributed by atoms with E-state index in [1.165, 1.54) is 0 Å². The average molecular weight is 286 g/mol. The van der Waals surface area contributed by atoms with Gasteiger partial charge in [0.25, 0.3) is 5.91 Å². The second kappa shape index (κ2) is 6.01. The molecule has 104 valence electrons. The van der Waals surface area contributed by atoms with Crippen molar-refractivity contribution in [3.8, 4) is 0 Å². The normalized spacial score (nSPS) is 10.8. The quantitative estimate of drug-likeness (QED) is 0.879. The molecule has 0 fully saturated rings. The van der Waals surface area contributed by atoms with Crippen LogP contribution in [0, 0.1) is 0 Å². The Bertz CT molecular complexity index is 646. The predicted molar refractivity (Wildman–Crippen MR) is 86.9 cm³/mol. The third-order valence-corrected chi connectivity index (χ3v) is 3.36. The molecule has 2 N–H and O–H groups in total. The van der Waals surface area contributed by atoms with Crippen LogP contribution in [0.5, 0.6) is 0 Å². The van der Waals surface area contributed by atoms with E-state index in [1.54, 1.807) is 4.90 Å². The van der Waals surface area contributed by atoms with E-state index in [4.69, 9.17) is 18.0 Å². The van der Waals surface area contributed by atoms with E-state index >= 15 is 0 Å². The molecule has 0 aliphatic rings. The molecule has 0 saturated carbocycles. The van der Waals surface area contributed by atoms with Crippen molar-refractivity contribution in [3.63, 3.8) is 0 Å². The summed E-state index contributed by atoms with van der Waals surface area (Å²) in [6, 6.07) is 13.6. The number of carbonyl (C=O) groups is 1. The number of amides is 1. The van der Waals surface area contributed by atoms with Crippen LogP contribution < -0.4 is 5.73 Å². The molecule has 3 nitrogen and oxygen atoms in total. The van der Waals surface area contributed by atoms with Gasteiger partial charge in [-0.2, -0.15) is 0 Å². The maximum Gasteiger partial charge on any atom is 0.255 e. The zero-order valence-electron chi connectivity index (χ0n) is 11.7. The summed E-state index contributed by atoms with van der Waals surface area (Å²) in [7, 11) is 0. The second-order valence-electron chi connectivity index (χ2n) is 5.02. The van der Waals surface area contributed by atoms with Crippen molar-refractivity contribution in [2.75, 3.05) is 6.54 Å². The fraction of sp³-hybridized carbons (Fsp3) is 0.250. The lowest BCUT2D eigenvalue weighted by atomic mass is 10.0. The predicted octanol–water partition coefficient (Wildman–Crippen LogP) is 2.98.